The van der Waals surface area contributed by atoms with Crippen LogP contribution in [0.1, 0.15) is 64.2 Å². The molecule has 1 unspecified atom stereocenters. The number of thioether (sulfide) groups is 2. The zero-order valence-electron chi connectivity index (χ0n) is 17.8. The van der Waals surface area contributed by atoms with Crippen LogP contribution in [0.5, 0.6) is 0 Å². The summed E-state index contributed by atoms with van der Waals surface area (Å²) in [5.41, 5.74) is 0. The summed E-state index contributed by atoms with van der Waals surface area (Å²) in [6, 6.07) is 0. The third kappa shape index (κ3) is 10.8. The van der Waals surface area contributed by atoms with Gasteiger partial charge >= 0.3 is 11.9 Å². The van der Waals surface area contributed by atoms with Gasteiger partial charge in [-0.2, -0.15) is 23.5 Å². The number of carboxylic acids is 2. The molecule has 2 saturated carbocycles. The molecule has 2 aliphatic rings. The van der Waals surface area contributed by atoms with Crippen molar-refractivity contribution in [2.45, 2.75) is 76.0 Å². The number of nitrogens with zero attached hydrogens (tertiary/aromatic N) is 2. The molecule has 1 aromatic heterocycles. The predicted molar refractivity (Wildman–Crippen MR) is 124 cm³/mol. The van der Waals surface area contributed by atoms with Crippen LogP contribution in [0.3, 0.4) is 0 Å². The second kappa shape index (κ2) is 14.8. The van der Waals surface area contributed by atoms with Gasteiger partial charge in [0.05, 0.1) is 6.33 Å². The van der Waals surface area contributed by atoms with Crippen LogP contribution in [-0.4, -0.2) is 54.2 Å². The van der Waals surface area contributed by atoms with E-state index in [-0.39, 0.29) is 0 Å². The van der Waals surface area contributed by atoms with Crippen LogP contribution in [0, 0.1) is 11.8 Å². The van der Waals surface area contributed by atoms with Crippen LogP contribution >= 0.6 is 23.5 Å². The van der Waals surface area contributed by atoms with Crippen molar-refractivity contribution in [2.24, 2.45) is 11.8 Å². The van der Waals surface area contributed by atoms with E-state index in [1.807, 2.05) is 12.5 Å². The fraction of sp³-hybridized carbons (Fsp3) is 0.773. The minimum atomic E-state index is -1.82. The Labute approximate surface area is 188 Å². The van der Waals surface area contributed by atoms with Gasteiger partial charge in [0.25, 0.3) is 0 Å². The fourth-order valence-corrected chi connectivity index (χ4v) is 7.13. The number of rotatable bonds is 9. The minimum absolute atomic E-state index is 0.745. The third-order valence-electron chi connectivity index (χ3n) is 5.83. The molecule has 2 N–H and O–H groups in total. The maximum Gasteiger partial charge on any atom is 0.414 e. The van der Waals surface area contributed by atoms with E-state index in [9.17, 15) is 0 Å². The molecule has 8 heteroatoms. The maximum absolute atomic E-state index is 9.10. The van der Waals surface area contributed by atoms with Crippen LogP contribution in [0.15, 0.2) is 18.7 Å². The minimum Gasteiger partial charge on any atom is -0.473 e. The molecule has 0 radical (unpaired) electrons. The fourth-order valence-electron chi connectivity index (χ4n) is 4.13. The first-order chi connectivity index (χ1) is 14.5. The summed E-state index contributed by atoms with van der Waals surface area (Å²) >= 11 is 4.47. The van der Waals surface area contributed by atoms with Gasteiger partial charge in [0.1, 0.15) is 0 Å². The van der Waals surface area contributed by atoms with Gasteiger partial charge < -0.3 is 14.8 Å². The summed E-state index contributed by atoms with van der Waals surface area (Å²) in [5, 5.41) is 15.5. The molecule has 30 heavy (non-hydrogen) atoms. The van der Waals surface area contributed by atoms with Crippen molar-refractivity contribution in [1.29, 1.82) is 0 Å². The zero-order valence-corrected chi connectivity index (χ0v) is 19.4. The van der Waals surface area contributed by atoms with Crippen LogP contribution in [0.25, 0.3) is 0 Å². The first-order valence-corrected chi connectivity index (χ1v) is 13.4. The number of carboxylic acid groups (broad SMARTS) is 2. The van der Waals surface area contributed by atoms with Crippen molar-refractivity contribution in [1.82, 2.24) is 9.55 Å². The lowest BCUT2D eigenvalue weighted by Gasteiger charge is -2.25. The molecular formula is C22H36N2O4S2. The monoisotopic (exact) mass is 456 g/mol. The molecule has 2 aliphatic carbocycles. The van der Waals surface area contributed by atoms with E-state index in [1.54, 1.807) is 0 Å². The van der Waals surface area contributed by atoms with E-state index in [4.69, 9.17) is 19.8 Å². The SMILES string of the molecule is O=C(O)C(=O)O.c1cn(CC(CSCC2CCCCC2)SCC2CCCCC2)cn1. The Morgan fingerprint density at radius 2 is 1.50 bits per heavy atom. The summed E-state index contributed by atoms with van der Waals surface area (Å²) in [5.74, 6) is 2.42. The average Bonchev–Trinajstić information content (AvgIpc) is 3.27. The Balaban J connectivity index is 0.000000469. The number of aromatic nitrogens is 2. The lowest BCUT2D eigenvalue weighted by Crippen LogP contribution is -2.19. The number of imidazole rings is 1. The Bertz CT molecular complexity index is 588. The normalized spacial score (nSPS) is 18.9. The van der Waals surface area contributed by atoms with Gasteiger partial charge in [-0.15, -0.1) is 0 Å². The summed E-state index contributed by atoms with van der Waals surface area (Å²) in [6.45, 7) is 1.13. The van der Waals surface area contributed by atoms with E-state index in [1.165, 1.54) is 81.5 Å². The summed E-state index contributed by atoms with van der Waals surface area (Å²) in [4.78, 5) is 22.4. The Hall–Kier alpha value is -1.15. The van der Waals surface area contributed by atoms with Gasteiger partial charge in [0.15, 0.2) is 0 Å². The molecule has 0 spiro atoms. The van der Waals surface area contributed by atoms with E-state index in [2.05, 4.69) is 39.3 Å². The number of carbonyl (C=O) groups is 2. The van der Waals surface area contributed by atoms with Gasteiger partial charge in [-0.1, -0.05) is 38.5 Å². The van der Waals surface area contributed by atoms with Gasteiger partial charge in [0, 0.05) is 29.9 Å². The number of hydrogen-bond donors (Lipinski definition) is 2. The highest BCUT2D eigenvalue weighted by molar-refractivity contribution is 8.03. The highest BCUT2D eigenvalue weighted by Gasteiger charge is 2.19. The van der Waals surface area contributed by atoms with Crippen LogP contribution in [0.4, 0.5) is 0 Å². The quantitative estimate of drug-likeness (QED) is 0.503. The van der Waals surface area contributed by atoms with Gasteiger partial charge in [-0.3, -0.25) is 0 Å². The summed E-state index contributed by atoms with van der Waals surface area (Å²) in [7, 11) is 0. The van der Waals surface area contributed by atoms with Crippen LogP contribution in [-0.2, 0) is 16.1 Å². The zero-order chi connectivity index (χ0) is 21.6. The molecule has 0 aromatic carbocycles. The van der Waals surface area contributed by atoms with Crippen molar-refractivity contribution in [2.75, 3.05) is 17.3 Å². The lowest BCUT2D eigenvalue weighted by molar-refractivity contribution is -0.159. The van der Waals surface area contributed by atoms with E-state index in [0.29, 0.717) is 0 Å². The largest absolute Gasteiger partial charge is 0.473 e. The lowest BCUT2D eigenvalue weighted by atomic mass is 9.91. The molecule has 1 heterocycles. The molecule has 0 bridgehead atoms. The van der Waals surface area contributed by atoms with Crippen molar-refractivity contribution in [3.05, 3.63) is 18.7 Å². The molecule has 3 rings (SSSR count). The van der Waals surface area contributed by atoms with E-state index in [0.717, 1.165) is 23.6 Å². The van der Waals surface area contributed by atoms with Crippen LogP contribution in [0.2, 0.25) is 0 Å². The van der Waals surface area contributed by atoms with Gasteiger partial charge in [-0.05, 0) is 49.0 Å². The Kier molecular flexibility index (Phi) is 12.4. The molecule has 1 aromatic rings. The standard InChI is InChI=1S/C20H34N2S2.C2H2O4/c1-3-7-18(8-4-1)14-23-16-20(13-22-12-11-21-17-22)24-15-19-9-5-2-6-10-19;3-1(4)2(5)6/h11-12,17-20H,1-10,13-16H2;(H,3,4)(H,5,6). The second-order valence-electron chi connectivity index (χ2n) is 8.37. The summed E-state index contributed by atoms with van der Waals surface area (Å²) in [6.07, 6.45) is 20.8. The predicted octanol–water partition coefficient (Wildman–Crippen LogP) is 5.03. The smallest absolute Gasteiger partial charge is 0.414 e. The van der Waals surface area contributed by atoms with Crippen LogP contribution < -0.4 is 0 Å². The van der Waals surface area contributed by atoms with Crippen molar-refractivity contribution < 1.29 is 19.8 Å². The van der Waals surface area contributed by atoms with Crippen molar-refractivity contribution in [3.63, 3.8) is 0 Å². The van der Waals surface area contributed by atoms with E-state index < -0.39 is 11.9 Å². The van der Waals surface area contributed by atoms with Crippen molar-refractivity contribution >= 4 is 35.5 Å². The van der Waals surface area contributed by atoms with Gasteiger partial charge in [0.2, 0.25) is 0 Å². The Morgan fingerprint density at radius 1 is 0.933 bits per heavy atom. The molecule has 0 amide bonds. The van der Waals surface area contributed by atoms with E-state index >= 15 is 0 Å². The highest BCUT2D eigenvalue weighted by Crippen LogP contribution is 2.31. The molecular weight excluding hydrogens is 420 g/mol. The average molecular weight is 457 g/mol. The molecule has 2 fully saturated rings. The number of hydrogen-bond acceptors (Lipinski definition) is 5. The first-order valence-electron chi connectivity index (χ1n) is 11.2. The number of aliphatic carboxylic acids is 2. The third-order valence-corrected chi connectivity index (χ3v) is 8.84. The molecule has 0 saturated heterocycles. The molecule has 0 aliphatic heterocycles. The van der Waals surface area contributed by atoms with Gasteiger partial charge in [-0.25, -0.2) is 14.6 Å². The molecule has 1 atom stereocenters. The maximum atomic E-state index is 9.10. The van der Waals surface area contributed by atoms with Crippen molar-refractivity contribution in [3.8, 4) is 0 Å². The first kappa shape index (κ1) is 25.1. The highest BCUT2D eigenvalue weighted by atomic mass is 32.2. The topological polar surface area (TPSA) is 92.4 Å². The molecule has 6 nitrogen and oxygen atoms in total. The summed E-state index contributed by atoms with van der Waals surface area (Å²) < 4.78 is 2.28. The second-order valence-corrected chi connectivity index (χ2v) is 10.8. The Morgan fingerprint density at radius 3 is 2.00 bits per heavy atom. The molecule has 170 valence electrons.